The Morgan fingerprint density at radius 2 is 1.27 bits per heavy atom. The molecule has 0 heterocycles. The molecule has 0 bridgehead atoms. The molecule has 1 heteroatoms. The average molecular weight is 296 g/mol. The summed E-state index contributed by atoms with van der Waals surface area (Å²) in [6.07, 6.45) is 6.77. The van der Waals surface area contributed by atoms with Gasteiger partial charge in [0, 0.05) is 6.42 Å². The minimum atomic E-state index is 0.258. The molecule has 0 aliphatic rings. The first-order valence-corrected chi connectivity index (χ1v) is 8.29. The van der Waals surface area contributed by atoms with Crippen molar-refractivity contribution in [2.24, 2.45) is 0 Å². The number of benzene rings is 2. The summed E-state index contributed by atoms with van der Waals surface area (Å²) in [6.45, 7) is 3.87. The van der Waals surface area contributed by atoms with Crippen LogP contribution in [-0.4, -0.2) is 5.78 Å². The van der Waals surface area contributed by atoms with E-state index in [1.165, 1.54) is 36.8 Å². The predicted molar refractivity (Wildman–Crippen MR) is 95.1 cm³/mol. The van der Waals surface area contributed by atoms with Crippen LogP contribution in [0.5, 0.6) is 0 Å². The number of hydrogen-bond acceptors (Lipinski definition) is 1. The number of aryl methyl sites for hydroxylation is 2. The van der Waals surface area contributed by atoms with Crippen LogP contribution in [0.2, 0.25) is 0 Å². The zero-order valence-corrected chi connectivity index (χ0v) is 13.9. The lowest BCUT2D eigenvalue weighted by molar-refractivity contribution is -0.116. The van der Waals surface area contributed by atoms with Gasteiger partial charge in [0.25, 0.3) is 0 Å². The van der Waals surface area contributed by atoms with Crippen LogP contribution < -0.4 is 0 Å². The maximum atomic E-state index is 10.6. The Morgan fingerprint density at radius 1 is 0.773 bits per heavy atom. The molecule has 1 nitrogen and oxygen atoms in total. The molecule has 0 saturated carbocycles. The van der Waals surface area contributed by atoms with Crippen LogP contribution in [0.25, 0.3) is 0 Å². The van der Waals surface area contributed by atoms with Crippen molar-refractivity contribution in [2.75, 3.05) is 0 Å². The topological polar surface area (TPSA) is 17.1 Å². The highest BCUT2D eigenvalue weighted by Crippen LogP contribution is 2.05. The Labute approximate surface area is 135 Å². The van der Waals surface area contributed by atoms with Crippen LogP contribution in [0.4, 0.5) is 0 Å². The standard InChI is InChI=1S/C11H16.C10H12O/c1-2-3-5-8-11-9-6-4-7-10-11;1-9(11)7-8-10-5-3-2-4-6-10/h4,6-7,9-10H,2-3,5,8H2,1H3;2-6H,7-8H2,1H3. The number of hydrogen-bond donors (Lipinski definition) is 0. The van der Waals surface area contributed by atoms with Gasteiger partial charge < -0.3 is 4.79 Å². The van der Waals surface area contributed by atoms with Gasteiger partial charge in [-0.15, -0.1) is 0 Å². The molecule has 2 rings (SSSR count). The highest BCUT2D eigenvalue weighted by molar-refractivity contribution is 5.75. The van der Waals surface area contributed by atoms with Gasteiger partial charge in [-0.2, -0.15) is 0 Å². The van der Waals surface area contributed by atoms with Crippen molar-refractivity contribution in [3.8, 4) is 0 Å². The van der Waals surface area contributed by atoms with Gasteiger partial charge in [0.1, 0.15) is 5.78 Å². The first-order chi connectivity index (χ1) is 10.7. The van der Waals surface area contributed by atoms with E-state index in [4.69, 9.17) is 0 Å². The summed E-state index contributed by atoms with van der Waals surface area (Å²) in [7, 11) is 0. The minimum Gasteiger partial charge on any atom is -0.300 e. The van der Waals surface area contributed by atoms with E-state index in [-0.39, 0.29) is 5.78 Å². The largest absolute Gasteiger partial charge is 0.300 e. The smallest absolute Gasteiger partial charge is 0.130 e. The van der Waals surface area contributed by atoms with Gasteiger partial charge in [-0.25, -0.2) is 0 Å². The molecule has 0 N–H and O–H groups in total. The van der Waals surface area contributed by atoms with E-state index in [2.05, 4.69) is 37.3 Å². The highest BCUT2D eigenvalue weighted by Gasteiger charge is 1.94. The summed E-state index contributed by atoms with van der Waals surface area (Å²) in [6, 6.07) is 20.8. The Kier molecular flexibility index (Phi) is 9.69. The molecule has 22 heavy (non-hydrogen) atoms. The van der Waals surface area contributed by atoms with Crippen molar-refractivity contribution in [1.82, 2.24) is 0 Å². The van der Waals surface area contributed by atoms with E-state index in [0.717, 1.165) is 6.42 Å². The number of carbonyl (C=O) groups is 1. The molecule has 0 fully saturated rings. The average Bonchev–Trinajstić information content (AvgIpc) is 2.56. The fourth-order valence-electron chi connectivity index (χ4n) is 2.19. The summed E-state index contributed by atoms with van der Waals surface area (Å²) in [5, 5.41) is 0. The summed E-state index contributed by atoms with van der Waals surface area (Å²) >= 11 is 0. The molecule has 118 valence electrons. The fraction of sp³-hybridized carbons (Fsp3) is 0.381. The fourth-order valence-corrected chi connectivity index (χ4v) is 2.19. The number of rotatable bonds is 7. The maximum Gasteiger partial charge on any atom is 0.130 e. The van der Waals surface area contributed by atoms with Crippen LogP contribution in [0.3, 0.4) is 0 Å². The van der Waals surface area contributed by atoms with Crippen molar-refractivity contribution in [3.05, 3.63) is 71.8 Å². The van der Waals surface area contributed by atoms with E-state index in [1.54, 1.807) is 6.92 Å². The van der Waals surface area contributed by atoms with Crippen LogP contribution in [0.1, 0.15) is 50.7 Å². The molecule has 0 aliphatic carbocycles. The SMILES string of the molecule is CC(=O)CCc1ccccc1.CCCCCc1ccccc1. The Morgan fingerprint density at radius 3 is 1.73 bits per heavy atom. The quantitative estimate of drug-likeness (QED) is 0.605. The normalized spacial score (nSPS) is 9.73. The van der Waals surface area contributed by atoms with E-state index in [1.807, 2.05) is 30.3 Å². The van der Waals surface area contributed by atoms with Gasteiger partial charge in [-0.05, 0) is 37.3 Å². The van der Waals surface area contributed by atoms with E-state index < -0.39 is 0 Å². The number of Topliss-reactive ketones (excluding diaryl/α,β-unsaturated/α-hetero) is 1. The molecule has 0 radical (unpaired) electrons. The minimum absolute atomic E-state index is 0.258. The second kappa shape index (κ2) is 11.7. The van der Waals surface area contributed by atoms with Crippen molar-refractivity contribution in [2.45, 2.75) is 52.4 Å². The Bertz CT molecular complexity index is 502. The molecule has 0 unspecified atom stereocenters. The van der Waals surface area contributed by atoms with E-state index in [9.17, 15) is 4.79 Å². The molecule has 0 spiro atoms. The summed E-state index contributed by atoms with van der Waals surface area (Å²) in [5.74, 6) is 0.258. The molecule has 0 amide bonds. The van der Waals surface area contributed by atoms with Gasteiger partial charge in [0.05, 0.1) is 0 Å². The molecule has 0 aromatic heterocycles. The number of ketones is 1. The van der Waals surface area contributed by atoms with Gasteiger partial charge in [0.2, 0.25) is 0 Å². The van der Waals surface area contributed by atoms with Crippen molar-refractivity contribution < 1.29 is 4.79 Å². The molecule has 2 aromatic carbocycles. The van der Waals surface area contributed by atoms with Crippen LogP contribution in [-0.2, 0) is 17.6 Å². The van der Waals surface area contributed by atoms with Gasteiger partial charge in [0.15, 0.2) is 0 Å². The van der Waals surface area contributed by atoms with Crippen LogP contribution in [0.15, 0.2) is 60.7 Å². The third-order valence-corrected chi connectivity index (χ3v) is 3.52. The lowest BCUT2D eigenvalue weighted by atomic mass is 10.1. The summed E-state index contributed by atoms with van der Waals surface area (Å²) < 4.78 is 0. The summed E-state index contributed by atoms with van der Waals surface area (Å²) in [4.78, 5) is 10.6. The van der Waals surface area contributed by atoms with E-state index in [0.29, 0.717) is 6.42 Å². The first-order valence-electron chi connectivity index (χ1n) is 8.29. The molecule has 2 aromatic rings. The highest BCUT2D eigenvalue weighted by atomic mass is 16.1. The molecule has 0 aliphatic heterocycles. The third-order valence-electron chi connectivity index (χ3n) is 3.52. The zero-order chi connectivity index (χ0) is 16.0. The van der Waals surface area contributed by atoms with Crippen molar-refractivity contribution in [3.63, 3.8) is 0 Å². The van der Waals surface area contributed by atoms with Gasteiger partial charge >= 0.3 is 0 Å². The Balaban J connectivity index is 0.000000220. The monoisotopic (exact) mass is 296 g/mol. The Hall–Kier alpha value is -1.89. The third kappa shape index (κ3) is 9.12. The number of carbonyl (C=O) groups excluding carboxylic acids is 1. The predicted octanol–water partition coefficient (Wildman–Crippen LogP) is 5.63. The lowest BCUT2D eigenvalue weighted by Gasteiger charge is -1.98. The lowest BCUT2D eigenvalue weighted by Crippen LogP contribution is -1.92. The van der Waals surface area contributed by atoms with Crippen LogP contribution >= 0.6 is 0 Å². The van der Waals surface area contributed by atoms with Gasteiger partial charge in [-0.3, -0.25) is 0 Å². The maximum absolute atomic E-state index is 10.6. The second-order valence-corrected chi connectivity index (χ2v) is 5.63. The molecular weight excluding hydrogens is 268 g/mol. The van der Waals surface area contributed by atoms with E-state index >= 15 is 0 Å². The van der Waals surface area contributed by atoms with Crippen molar-refractivity contribution >= 4 is 5.78 Å². The zero-order valence-electron chi connectivity index (χ0n) is 13.9. The number of unbranched alkanes of at least 4 members (excludes halogenated alkanes) is 2. The van der Waals surface area contributed by atoms with Crippen LogP contribution in [0, 0.1) is 0 Å². The second-order valence-electron chi connectivity index (χ2n) is 5.63. The molecule has 0 saturated heterocycles. The molecule has 0 atom stereocenters. The summed E-state index contributed by atoms with van der Waals surface area (Å²) in [5.41, 5.74) is 2.71. The first kappa shape index (κ1) is 18.2. The van der Waals surface area contributed by atoms with Crippen molar-refractivity contribution in [1.29, 1.82) is 0 Å². The van der Waals surface area contributed by atoms with Gasteiger partial charge in [-0.1, -0.05) is 80.4 Å². The molecular formula is C21H28O.